The molecular formula is C21H18Cl2N4O2. The fourth-order valence-electron chi connectivity index (χ4n) is 3.61. The van der Waals surface area contributed by atoms with Gasteiger partial charge in [0.25, 0.3) is 0 Å². The number of benzene rings is 2. The summed E-state index contributed by atoms with van der Waals surface area (Å²) < 4.78 is 0. The lowest BCUT2D eigenvalue weighted by molar-refractivity contribution is -0.121. The fourth-order valence-corrected chi connectivity index (χ4v) is 3.92. The van der Waals surface area contributed by atoms with Crippen molar-refractivity contribution in [2.45, 2.75) is 25.7 Å². The Balaban J connectivity index is 1.57. The molecule has 2 aromatic carbocycles. The quantitative estimate of drug-likeness (QED) is 0.558. The van der Waals surface area contributed by atoms with E-state index >= 15 is 0 Å². The van der Waals surface area contributed by atoms with Crippen molar-refractivity contribution >= 4 is 51.6 Å². The van der Waals surface area contributed by atoms with Gasteiger partial charge in [-0.15, -0.1) is 0 Å². The molecule has 3 N–H and O–H groups in total. The molecule has 1 aliphatic heterocycles. The Bertz CT molecular complexity index is 1150. The van der Waals surface area contributed by atoms with Crippen molar-refractivity contribution in [3.8, 4) is 0 Å². The smallest absolute Gasteiger partial charge is 0.228 e. The molecule has 0 bridgehead atoms. The van der Waals surface area contributed by atoms with Crippen molar-refractivity contribution in [2.75, 3.05) is 5.32 Å². The molecule has 6 nitrogen and oxygen atoms in total. The van der Waals surface area contributed by atoms with Crippen molar-refractivity contribution in [3.63, 3.8) is 0 Å². The van der Waals surface area contributed by atoms with Crippen LogP contribution in [0.5, 0.6) is 0 Å². The Kier molecular flexibility index (Phi) is 5.30. The number of carbonyl (C=O) groups is 2. The zero-order valence-electron chi connectivity index (χ0n) is 15.6. The standard InChI is InChI=1S/C21H18Cl2N4O2/c1-11-15(8-21(29)26-14-3-5-19-13(6-14)10-24-27-19)16(9-20(28)25-11)12-2-4-17(22)18(23)7-12/h2-7,10,16H,8-9H2,1H3,(H,24,27)(H,25,28)(H,26,29). The summed E-state index contributed by atoms with van der Waals surface area (Å²) >= 11 is 12.2. The molecule has 2 amide bonds. The lowest BCUT2D eigenvalue weighted by atomic mass is 9.83. The van der Waals surface area contributed by atoms with Gasteiger partial charge in [-0.1, -0.05) is 29.3 Å². The molecule has 0 spiro atoms. The van der Waals surface area contributed by atoms with Gasteiger partial charge in [-0.2, -0.15) is 5.10 Å². The van der Waals surface area contributed by atoms with Gasteiger partial charge in [0, 0.05) is 29.1 Å². The fraction of sp³-hybridized carbons (Fsp3) is 0.190. The number of nitrogens with zero attached hydrogens (tertiary/aromatic N) is 1. The van der Waals surface area contributed by atoms with Gasteiger partial charge >= 0.3 is 0 Å². The van der Waals surface area contributed by atoms with Crippen LogP contribution in [0.3, 0.4) is 0 Å². The van der Waals surface area contributed by atoms with Gasteiger partial charge in [0.1, 0.15) is 0 Å². The Hall–Kier alpha value is -2.83. The molecule has 0 fully saturated rings. The van der Waals surface area contributed by atoms with E-state index in [1.807, 2.05) is 31.2 Å². The van der Waals surface area contributed by atoms with E-state index in [1.165, 1.54) is 0 Å². The monoisotopic (exact) mass is 428 g/mol. The predicted molar refractivity (Wildman–Crippen MR) is 114 cm³/mol. The first-order valence-electron chi connectivity index (χ1n) is 9.08. The van der Waals surface area contributed by atoms with Crippen LogP contribution < -0.4 is 10.6 Å². The second-order valence-corrected chi connectivity index (χ2v) is 7.84. The number of allylic oxidation sites excluding steroid dienone is 1. The zero-order chi connectivity index (χ0) is 20.5. The first kappa shape index (κ1) is 19.5. The molecule has 1 aliphatic rings. The minimum Gasteiger partial charge on any atom is -0.330 e. The van der Waals surface area contributed by atoms with Crippen LogP contribution in [0.4, 0.5) is 5.69 Å². The second-order valence-electron chi connectivity index (χ2n) is 7.03. The number of amides is 2. The van der Waals surface area contributed by atoms with E-state index in [2.05, 4.69) is 20.8 Å². The molecule has 3 aromatic rings. The number of fused-ring (bicyclic) bond motifs is 1. The van der Waals surface area contributed by atoms with Gasteiger partial charge < -0.3 is 10.6 Å². The molecule has 0 aliphatic carbocycles. The molecule has 0 radical (unpaired) electrons. The summed E-state index contributed by atoms with van der Waals surface area (Å²) in [5.41, 5.74) is 3.99. The summed E-state index contributed by atoms with van der Waals surface area (Å²) in [5, 5.41) is 14.4. The summed E-state index contributed by atoms with van der Waals surface area (Å²) in [6.45, 7) is 1.81. The summed E-state index contributed by atoms with van der Waals surface area (Å²) in [5.74, 6) is -0.489. The van der Waals surface area contributed by atoms with E-state index in [0.29, 0.717) is 21.4 Å². The number of halogens is 2. The highest BCUT2D eigenvalue weighted by molar-refractivity contribution is 6.42. The average Bonchev–Trinajstić information content (AvgIpc) is 3.14. The second kappa shape index (κ2) is 7.89. The molecule has 0 saturated carbocycles. The molecule has 8 heteroatoms. The number of rotatable bonds is 4. The largest absolute Gasteiger partial charge is 0.330 e. The number of hydrogen-bond donors (Lipinski definition) is 3. The van der Waals surface area contributed by atoms with Crippen molar-refractivity contribution in [2.24, 2.45) is 0 Å². The average molecular weight is 429 g/mol. The van der Waals surface area contributed by atoms with E-state index < -0.39 is 0 Å². The Morgan fingerprint density at radius 3 is 2.83 bits per heavy atom. The summed E-state index contributed by atoms with van der Waals surface area (Å²) in [4.78, 5) is 24.9. The summed E-state index contributed by atoms with van der Waals surface area (Å²) in [7, 11) is 0. The molecule has 29 heavy (non-hydrogen) atoms. The molecule has 148 valence electrons. The minimum absolute atomic E-state index is 0.0897. The van der Waals surface area contributed by atoms with Crippen LogP contribution in [0.1, 0.15) is 31.2 Å². The van der Waals surface area contributed by atoms with Crippen LogP contribution in [0.2, 0.25) is 10.0 Å². The van der Waals surface area contributed by atoms with Crippen LogP contribution in [0.25, 0.3) is 10.9 Å². The molecule has 1 aromatic heterocycles. The first-order valence-corrected chi connectivity index (χ1v) is 9.83. The van der Waals surface area contributed by atoms with E-state index in [1.54, 1.807) is 18.3 Å². The molecular weight excluding hydrogens is 411 g/mol. The van der Waals surface area contributed by atoms with Gasteiger partial charge in [0.05, 0.1) is 28.2 Å². The molecule has 1 atom stereocenters. The van der Waals surface area contributed by atoms with Crippen molar-refractivity contribution < 1.29 is 9.59 Å². The maximum atomic E-state index is 12.8. The maximum absolute atomic E-state index is 12.8. The van der Waals surface area contributed by atoms with Crippen LogP contribution >= 0.6 is 23.2 Å². The maximum Gasteiger partial charge on any atom is 0.228 e. The van der Waals surface area contributed by atoms with E-state index in [-0.39, 0.29) is 30.6 Å². The molecule has 4 rings (SSSR count). The van der Waals surface area contributed by atoms with Gasteiger partial charge in [0.2, 0.25) is 11.8 Å². The van der Waals surface area contributed by atoms with Gasteiger partial charge in [-0.05, 0) is 48.4 Å². The van der Waals surface area contributed by atoms with E-state index in [9.17, 15) is 9.59 Å². The number of aromatic amines is 1. The van der Waals surface area contributed by atoms with E-state index in [0.717, 1.165) is 22.0 Å². The topological polar surface area (TPSA) is 86.9 Å². The summed E-state index contributed by atoms with van der Waals surface area (Å²) in [6.07, 6.45) is 2.11. The molecule has 0 saturated heterocycles. The highest BCUT2D eigenvalue weighted by atomic mass is 35.5. The van der Waals surface area contributed by atoms with Crippen LogP contribution in [-0.2, 0) is 9.59 Å². The van der Waals surface area contributed by atoms with Crippen molar-refractivity contribution in [3.05, 3.63) is 69.5 Å². The van der Waals surface area contributed by atoms with Crippen molar-refractivity contribution in [1.29, 1.82) is 0 Å². The predicted octanol–water partition coefficient (Wildman–Crippen LogP) is 4.78. The number of hydrogen-bond acceptors (Lipinski definition) is 3. The number of H-pyrrole nitrogens is 1. The van der Waals surface area contributed by atoms with E-state index in [4.69, 9.17) is 23.2 Å². The highest BCUT2D eigenvalue weighted by Gasteiger charge is 2.29. The summed E-state index contributed by atoms with van der Waals surface area (Å²) in [6, 6.07) is 10.8. The SMILES string of the molecule is CC1=C(CC(=O)Nc2ccc3[nH]ncc3c2)C(c2ccc(Cl)c(Cl)c2)CC(=O)N1. The first-order chi connectivity index (χ1) is 13.9. The third-order valence-corrected chi connectivity index (χ3v) is 5.78. The molecule has 2 heterocycles. The third kappa shape index (κ3) is 4.13. The van der Waals surface area contributed by atoms with Gasteiger partial charge in [-0.25, -0.2) is 0 Å². The highest BCUT2D eigenvalue weighted by Crippen LogP contribution is 2.37. The number of anilines is 1. The van der Waals surface area contributed by atoms with Crippen LogP contribution in [0, 0.1) is 0 Å². The minimum atomic E-state index is -0.236. The van der Waals surface area contributed by atoms with Crippen molar-refractivity contribution in [1.82, 2.24) is 15.5 Å². The number of nitrogens with one attached hydrogen (secondary N) is 3. The Morgan fingerprint density at radius 1 is 1.21 bits per heavy atom. The normalized spacial score (nSPS) is 16.8. The van der Waals surface area contributed by atoms with Crippen LogP contribution in [0.15, 0.2) is 53.9 Å². The Labute approximate surface area is 177 Å². The van der Waals surface area contributed by atoms with Gasteiger partial charge in [0.15, 0.2) is 0 Å². The molecule has 1 unspecified atom stereocenters. The number of aromatic nitrogens is 2. The Morgan fingerprint density at radius 2 is 2.03 bits per heavy atom. The lowest BCUT2D eigenvalue weighted by Crippen LogP contribution is -2.32. The van der Waals surface area contributed by atoms with Crippen LogP contribution in [-0.4, -0.2) is 22.0 Å². The lowest BCUT2D eigenvalue weighted by Gasteiger charge is -2.28. The zero-order valence-corrected chi connectivity index (χ0v) is 17.1. The number of carbonyl (C=O) groups excluding carboxylic acids is 2. The third-order valence-electron chi connectivity index (χ3n) is 5.04. The van der Waals surface area contributed by atoms with Gasteiger partial charge in [-0.3, -0.25) is 14.7 Å².